The van der Waals surface area contributed by atoms with Gasteiger partial charge in [0.25, 0.3) is 0 Å². The highest BCUT2D eigenvalue weighted by atomic mass is 16.5. The summed E-state index contributed by atoms with van der Waals surface area (Å²) in [5, 5.41) is 15.0. The molecule has 3 rings (SSSR count). The summed E-state index contributed by atoms with van der Waals surface area (Å²) in [6, 6.07) is 8.15. The van der Waals surface area contributed by atoms with Crippen molar-refractivity contribution in [2.75, 3.05) is 6.54 Å². The van der Waals surface area contributed by atoms with Gasteiger partial charge in [0.1, 0.15) is 11.9 Å². The number of nitrogens with one attached hydrogen (secondary N) is 1. The second-order valence-corrected chi connectivity index (χ2v) is 4.61. The molecule has 0 saturated heterocycles. The molecule has 6 heteroatoms. The lowest BCUT2D eigenvalue weighted by Crippen LogP contribution is -2.25. The Hall–Kier alpha value is -1.95. The second kappa shape index (κ2) is 5.36. The normalized spacial score (nSPS) is 17.2. The van der Waals surface area contributed by atoms with E-state index in [-0.39, 0.29) is 6.10 Å². The molecule has 0 radical (unpaired) electrons. The maximum absolute atomic E-state index is 5.90. The molecule has 0 aliphatic carbocycles. The molecule has 19 heavy (non-hydrogen) atoms. The molecule has 0 amide bonds. The van der Waals surface area contributed by atoms with Crippen molar-refractivity contribution in [3.63, 3.8) is 0 Å². The number of hydrogen-bond acceptors (Lipinski definition) is 5. The molecular formula is C13H17N5O. The monoisotopic (exact) mass is 259 g/mol. The van der Waals surface area contributed by atoms with E-state index in [9.17, 15) is 0 Å². The number of hydrogen-bond donors (Lipinski definition) is 1. The molecule has 0 spiro atoms. The predicted octanol–water partition coefficient (Wildman–Crippen LogP) is 0.786. The number of aromatic nitrogens is 4. The van der Waals surface area contributed by atoms with Gasteiger partial charge in [0.05, 0.1) is 13.1 Å². The van der Waals surface area contributed by atoms with Gasteiger partial charge in [0, 0.05) is 6.42 Å². The summed E-state index contributed by atoms with van der Waals surface area (Å²) in [6.07, 6.45) is 1.03. The van der Waals surface area contributed by atoms with Crippen molar-refractivity contribution in [3.8, 4) is 5.75 Å². The van der Waals surface area contributed by atoms with Gasteiger partial charge in [-0.05, 0) is 28.6 Å². The van der Waals surface area contributed by atoms with E-state index in [0.717, 1.165) is 24.5 Å². The number of nitrogens with zero attached hydrogens (tertiary/aromatic N) is 4. The van der Waals surface area contributed by atoms with Crippen LogP contribution in [0.1, 0.15) is 18.3 Å². The maximum atomic E-state index is 5.90. The van der Waals surface area contributed by atoms with Crippen LogP contribution >= 0.6 is 0 Å². The molecule has 1 N–H and O–H groups in total. The average molecular weight is 259 g/mol. The van der Waals surface area contributed by atoms with Crippen LogP contribution in [0.5, 0.6) is 5.75 Å². The molecule has 1 aromatic carbocycles. The van der Waals surface area contributed by atoms with E-state index in [0.29, 0.717) is 13.1 Å². The Kier molecular flexibility index (Phi) is 3.41. The van der Waals surface area contributed by atoms with Gasteiger partial charge >= 0.3 is 0 Å². The maximum Gasteiger partial charge on any atom is 0.165 e. The molecule has 1 aromatic heterocycles. The standard InChI is InChI=1S/C13H17N5O/c1-2-14-8-13-15-16-17-18(13)9-11-7-10-5-3-4-6-12(10)19-11/h3-6,11,14H,2,7-9H2,1H3. The summed E-state index contributed by atoms with van der Waals surface area (Å²) in [6.45, 7) is 4.33. The van der Waals surface area contributed by atoms with Gasteiger partial charge in [-0.25, -0.2) is 4.68 Å². The van der Waals surface area contributed by atoms with Gasteiger partial charge in [-0.3, -0.25) is 0 Å². The smallest absolute Gasteiger partial charge is 0.165 e. The van der Waals surface area contributed by atoms with Crippen LogP contribution in [0.25, 0.3) is 0 Å². The van der Waals surface area contributed by atoms with E-state index in [1.165, 1.54) is 5.56 Å². The highest BCUT2D eigenvalue weighted by Crippen LogP contribution is 2.28. The van der Waals surface area contributed by atoms with Gasteiger partial charge in [0.15, 0.2) is 5.82 Å². The molecule has 1 atom stereocenters. The summed E-state index contributed by atoms with van der Waals surface area (Å²) in [5.41, 5.74) is 1.26. The van der Waals surface area contributed by atoms with Crippen LogP contribution in [-0.4, -0.2) is 32.9 Å². The fourth-order valence-electron chi connectivity index (χ4n) is 2.28. The van der Waals surface area contributed by atoms with Crippen LogP contribution in [-0.2, 0) is 19.5 Å². The van der Waals surface area contributed by atoms with Crippen LogP contribution in [0.4, 0.5) is 0 Å². The third-order valence-electron chi connectivity index (χ3n) is 3.23. The first-order valence-electron chi connectivity index (χ1n) is 6.57. The van der Waals surface area contributed by atoms with Crippen LogP contribution in [0.3, 0.4) is 0 Å². The van der Waals surface area contributed by atoms with Crippen LogP contribution < -0.4 is 10.1 Å². The largest absolute Gasteiger partial charge is 0.488 e. The van der Waals surface area contributed by atoms with Gasteiger partial charge in [-0.15, -0.1) is 5.10 Å². The average Bonchev–Trinajstić information content (AvgIpc) is 3.02. The van der Waals surface area contributed by atoms with Crippen molar-refractivity contribution in [1.82, 2.24) is 25.5 Å². The van der Waals surface area contributed by atoms with Gasteiger partial charge in [-0.2, -0.15) is 0 Å². The summed E-state index contributed by atoms with van der Waals surface area (Å²) < 4.78 is 7.72. The highest BCUT2D eigenvalue weighted by Gasteiger charge is 2.24. The SMILES string of the molecule is CCNCc1nnnn1CC1Cc2ccccc2O1. The fraction of sp³-hybridized carbons (Fsp3) is 0.462. The topological polar surface area (TPSA) is 64.9 Å². The van der Waals surface area contributed by atoms with Crippen molar-refractivity contribution in [2.45, 2.75) is 32.5 Å². The lowest BCUT2D eigenvalue weighted by Gasteiger charge is -2.11. The second-order valence-electron chi connectivity index (χ2n) is 4.61. The van der Waals surface area contributed by atoms with Crippen LogP contribution in [0.15, 0.2) is 24.3 Å². The Balaban J connectivity index is 1.66. The van der Waals surface area contributed by atoms with Gasteiger partial charge in [0.2, 0.25) is 0 Å². The van der Waals surface area contributed by atoms with E-state index in [1.54, 1.807) is 0 Å². The first kappa shape index (κ1) is 12.1. The van der Waals surface area contributed by atoms with Crippen LogP contribution in [0, 0.1) is 0 Å². The summed E-state index contributed by atoms with van der Waals surface area (Å²) in [5.74, 6) is 1.83. The Morgan fingerprint density at radius 2 is 2.32 bits per heavy atom. The van der Waals surface area contributed by atoms with E-state index in [4.69, 9.17) is 4.74 Å². The van der Waals surface area contributed by atoms with E-state index < -0.39 is 0 Å². The summed E-state index contributed by atoms with van der Waals surface area (Å²) in [7, 11) is 0. The third-order valence-corrected chi connectivity index (χ3v) is 3.23. The predicted molar refractivity (Wildman–Crippen MR) is 69.8 cm³/mol. The zero-order valence-corrected chi connectivity index (χ0v) is 10.9. The molecule has 6 nitrogen and oxygen atoms in total. The minimum atomic E-state index is 0.112. The number of fused-ring (bicyclic) bond motifs is 1. The molecule has 0 saturated carbocycles. The van der Waals surface area contributed by atoms with Crippen molar-refractivity contribution in [1.29, 1.82) is 0 Å². The van der Waals surface area contributed by atoms with Crippen molar-refractivity contribution >= 4 is 0 Å². The van der Waals surface area contributed by atoms with Crippen molar-refractivity contribution in [2.24, 2.45) is 0 Å². The van der Waals surface area contributed by atoms with Crippen molar-refractivity contribution in [3.05, 3.63) is 35.7 Å². The highest BCUT2D eigenvalue weighted by molar-refractivity contribution is 5.37. The lowest BCUT2D eigenvalue weighted by atomic mass is 10.1. The molecule has 0 bridgehead atoms. The van der Waals surface area contributed by atoms with E-state index in [1.807, 2.05) is 22.9 Å². The quantitative estimate of drug-likeness (QED) is 0.860. The molecule has 1 aliphatic heterocycles. The Morgan fingerprint density at radius 3 is 3.16 bits per heavy atom. The number of rotatable bonds is 5. The van der Waals surface area contributed by atoms with E-state index >= 15 is 0 Å². The van der Waals surface area contributed by atoms with Crippen molar-refractivity contribution < 1.29 is 4.74 Å². The molecule has 2 aromatic rings. The minimum Gasteiger partial charge on any atom is -0.488 e. The zero-order chi connectivity index (χ0) is 13.1. The third kappa shape index (κ3) is 2.58. The van der Waals surface area contributed by atoms with Gasteiger partial charge in [-0.1, -0.05) is 25.1 Å². The molecule has 100 valence electrons. The molecule has 1 unspecified atom stereocenters. The first-order valence-corrected chi connectivity index (χ1v) is 6.57. The fourth-order valence-corrected chi connectivity index (χ4v) is 2.28. The molecule has 2 heterocycles. The molecule has 0 fully saturated rings. The Labute approximate surface area is 111 Å². The molecule has 1 aliphatic rings. The number of benzene rings is 1. The number of para-hydroxylation sites is 1. The lowest BCUT2D eigenvalue weighted by molar-refractivity contribution is 0.200. The first-order chi connectivity index (χ1) is 9.36. The van der Waals surface area contributed by atoms with Crippen LogP contribution in [0.2, 0.25) is 0 Å². The Bertz CT molecular complexity index is 528. The minimum absolute atomic E-state index is 0.112. The Morgan fingerprint density at radius 1 is 1.42 bits per heavy atom. The summed E-state index contributed by atoms with van der Waals surface area (Å²) >= 11 is 0. The zero-order valence-electron chi connectivity index (χ0n) is 10.9. The number of tetrazole rings is 1. The molecular weight excluding hydrogens is 242 g/mol. The number of ether oxygens (including phenoxy) is 1. The van der Waals surface area contributed by atoms with E-state index in [2.05, 4.69) is 33.8 Å². The van der Waals surface area contributed by atoms with Gasteiger partial charge < -0.3 is 10.1 Å². The summed E-state index contributed by atoms with van der Waals surface area (Å²) in [4.78, 5) is 0.